The quantitative estimate of drug-likeness (QED) is 0.221. The summed E-state index contributed by atoms with van der Waals surface area (Å²) in [5.41, 5.74) is 4.13. The molecule has 17 unspecified atom stereocenters. The molecule has 12 rings (SSSR count). The lowest BCUT2D eigenvalue weighted by Gasteiger charge is -2.64. The maximum Gasteiger partial charge on any atom is 0.119 e. The number of hydrogen-bond acceptors (Lipinski definition) is 4. The lowest BCUT2D eigenvalue weighted by Crippen LogP contribution is -2.61. The Kier molecular flexibility index (Phi) is 10.5. The molecule has 6 saturated carbocycles. The number of rotatable bonds is 5. The van der Waals surface area contributed by atoms with Crippen molar-refractivity contribution in [2.75, 3.05) is 0 Å². The van der Waals surface area contributed by atoms with Crippen LogP contribution >= 0.6 is 11.8 Å². The Balaban J connectivity index is 0.999. The summed E-state index contributed by atoms with van der Waals surface area (Å²) in [6.07, 6.45) is 46.3. The van der Waals surface area contributed by atoms with Crippen LogP contribution in [-0.2, 0) is 4.74 Å². The van der Waals surface area contributed by atoms with Crippen LogP contribution in [0.25, 0.3) is 0 Å². The highest BCUT2D eigenvalue weighted by Gasteiger charge is 2.72. The van der Waals surface area contributed by atoms with E-state index in [0.29, 0.717) is 47.5 Å². The lowest BCUT2D eigenvalue weighted by atomic mass is 9.47. The summed E-state index contributed by atoms with van der Waals surface area (Å²) in [4.78, 5) is 3.14. The van der Waals surface area contributed by atoms with Crippen LogP contribution in [-0.4, -0.2) is 45.7 Å². The number of nitrogens with one attached hydrogen (secondary N) is 1. The number of thioether (sulfide) groups is 1. The molecular weight excluding hydrogens is 725 g/mol. The van der Waals surface area contributed by atoms with Crippen molar-refractivity contribution in [2.24, 2.45) is 64.6 Å². The van der Waals surface area contributed by atoms with Gasteiger partial charge in [-0.15, -0.1) is 5.92 Å². The molecule has 12 aliphatic rings. The molecule has 0 bridgehead atoms. The van der Waals surface area contributed by atoms with Crippen LogP contribution in [0.15, 0.2) is 35.3 Å². The van der Waals surface area contributed by atoms with Gasteiger partial charge in [0.05, 0.1) is 17.8 Å². The molecule has 2 heterocycles. The number of hydrogen-bond donors (Lipinski definition) is 1. The molecule has 0 aromatic heterocycles. The first kappa shape index (κ1) is 38.4. The van der Waals surface area contributed by atoms with Crippen LogP contribution < -0.4 is 5.32 Å². The summed E-state index contributed by atoms with van der Waals surface area (Å²) >= 11 is 2.57. The van der Waals surface area contributed by atoms with Gasteiger partial charge in [0.15, 0.2) is 0 Å². The normalized spacial score (nSPS) is 50.4. The second kappa shape index (κ2) is 15.8. The summed E-state index contributed by atoms with van der Waals surface area (Å²) in [5.74, 6) is 17.7. The molecule has 2 saturated heterocycles. The van der Waals surface area contributed by atoms with Gasteiger partial charge in [-0.25, -0.2) is 0 Å². The predicted octanol–water partition coefficient (Wildman–Crippen LogP) is 12.8. The Bertz CT molecular complexity index is 1680. The largest absolute Gasteiger partial charge is 0.492 e. The summed E-state index contributed by atoms with van der Waals surface area (Å²) in [6.45, 7) is 2.52. The first-order valence-electron chi connectivity index (χ1n) is 26.1. The first-order chi connectivity index (χ1) is 28.7. The van der Waals surface area contributed by atoms with Gasteiger partial charge in [0.1, 0.15) is 11.9 Å². The molecule has 316 valence electrons. The van der Waals surface area contributed by atoms with Crippen LogP contribution in [0, 0.1) is 76.4 Å². The molecule has 10 aliphatic carbocycles. The number of ether oxygens (including phenoxy) is 1. The van der Waals surface area contributed by atoms with Crippen LogP contribution in [0.5, 0.6) is 0 Å². The summed E-state index contributed by atoms with van der Waals surface area (Å²) < 4.78 is 7.44. The standard InChI is InChI=1S/C54H78N2OS/c1-34-16-14-23-40-41-24-15-27-47(53(41)57-52(34)40)56(37-19-6-3-7-20-37)48-33-46-51(39-22-9-8-21-38(39)48)42-31-30-36(55-35-17-4-2-5-18-35)32-45(42)54(46)43-25-10-12-28-49(43)58-50-29-13-11-26-44(50)54/h4,17,21,34-37,39-46,48-52,55H,2-3,5-6,8-16,18-19,22-33H2,1H3. The van der Waals surface area contributed by atoms with Gasteiger partial charge < -0.3 is 15.0 Å². The molecule has 4 heteroatoms. The van der Waals surface area contributed by atoms with Crippen LogP contribution in [0.1, 0.15) is 180 Å². The summed E-state index contributed by atoms with van der Waals surface area (Å²) in [6, 6.07) is 2.23. The van der Waals surface area contributed by atoms with Crippen LogP contribution in [0.3, 0.4) is 0 Å². The Morgan fingerprint density at radius 2 is 1.55 bits per heavy atom. The van der Waals surface area contributed by atoms with Gasteiger partial charge in [-0.05, 0) is 193 Å². The smallest absolute Gasteiger partial charge is 0.119 e. The maximum atomic E-state index is 7.44. The molecule has 0 amide bonds. The Morgan fingerprint density at radius 1 is 0.724 bits per heavy atom. The Labute approximate surface area is 357 Å². The molecule has 17 atom stereocenters. The van der Waals surface area contributed by atoms with E-state index in [4.69, 9.17) is 4.74 Å². The molecule has 58 heavy (non-hydrogen) atoms. The van der Waals surface area contributed by atoms with Crippen molar-refractivity contribution in [3.63, 3.8) is 0 Å². The Morgan fingerprint density at radius 3 is 2.36 bits per heavy atom. The van der Waals surface area contributed by atoms with Crippen molar-refractivity contribution in [3.8, 4) is 11.8 Å². The third-order valence-electron chi connectivity index (χ3n) is 20.3. The molecule has 0 radical (unpaired) electrons. The van der Waals surface area contributed by atoms with Gasteiger partial charge in [0.2, 0.25) is 0 Å². The van der Waals surface area contributed by atoms with Crippen LogP contribution in [0.4, 0.5) is 0 Å². The van der Waals surface area contributed by atoms with Crippen molar-refractivity contribution in [3.05, 3.63) is 35.3 Å². The second-order valence-corrected chi connectivity index (χ2v) is 24.2. The molecule has 0 aromatic rings. The van der Waals surface area contributed by atoms with Crippen molar-refractivity contribution in [1.29, 1.82) is 0 Å². The highest BCUT2D eigenvalue weighted by molar-refractivity contribution is 8.00. The highest BCUT2D eigenvalue weighted by atomic mass is 32.2. The van der Waals surface area contributed by atoms with Crippen molar-refractivity contribution < 1.29 is 4.74 Å². The zero-order valence-corrected chi connectivity index (χ0v) is 37.2. The van der Waals surface area contributed by atoms with Gasteiger partial charge in [-0.3, -0.25) is 0 Å². The second-order valence-electron chi connectivity index (χ2n) is 22.7. The van der Waals surface area contributed by atoms with Crippen molar-refractivity contribution in [2.45, 2.75) is 221 Å². The molecule has 1 N–H and O–H groups in total. The van der Waals surface area contributed by atoms with E-state index in [-0.39, 0.29) is 0 Å². The minimum absolute atomic E-state index is 0.368. The van der Waals surface area contributed by atoms with Gasteiger partial charge in [-0.1, -0.05) is 63.2 Å². The molecule has 1 spiro atoms. The topological polar surface area (TPSA) is 24.5 Å². The zero-order chi connectivity index (χ0) is 38.4. The third kappa shape index (κ3) is 6.11. The van der Waals surface area contributed by atoms with Gasteiger partial charge >= 0.3 is 0 Å². The minimum atomic E-state index is 0.368. The minimum Gasteiger partial charge on any atom is -0.492 e. The molecule has 3 nitrogen and oxygen atoms in total. The molecule has 8 fully saturated rings. The van der Waals surface area contributed by atoms with E-state index in [0.717, 1.165) is 64.3 Å². The third-order valence-corrected chi connectivity index (χ3v) is 22.1. The van der Waals surface area contributed by atoms with Crippen molar-refractivity contribution >= 4 is 11.8 Å². The fourth-order valence-electron chi connectivity index (χ4n) is 18.5. The average Bonchev–Trinajstić information content (AvgIpc) is 3.80. The first-order valence-corrected chi connectivity index (χ1v) is 27.1. The van der Waals surface area contributed by atoms with E-state index in [1.54, 1.807) is 18.5 Å². The monoisotopic (exact) mass is 803 g/mol. The summed E-state index contributed by atoms with van der Waals surface area (Å²) in [7, 11) is 0. The molecular formula is C54H78N2OS. The average molecular weight is 803 g/mol. The zero-order valence-electron chi connectivity index (χ0n) is 36.4. The van der Waals surface area contributed by atoms with E-state index in [2.05, 4.69) is 59.0 Å². The summed E-state index contributed by atoms with van der Waals surface area (Å²) in [5, 5.41) is 6.23. The van der Waals surface area contributed by atoms with E-state index < -0.39 is 0 Å². The molecule has 0 aromatic carbocycles. The van der Waals surface area contributed by atoms with Crippen molar-refractivity contribution in [1.82, 2.24) is 10.2 Å². The number of allylic oxidation sites excluding steroid dienone is 4. The van der Waals surface area contributed by atoms with E-state index >= 15 is 0 Å². The van der Waals surface area contributed by atoms with E-state index in [1.165, 1.54) is 160 Å². The van der Waals surface area contributed by atoms with Gasteiger partial charge in [0, 0.05) is 40.8 Å². The SMILES string of the molecule is CC1CCCC2C3CCCC(N(C4C#CCCC4)C4CC5C(C6CCCC=C64)C4CCC(NC6C=CCCC6)CC4C54C5CCCCC5SC5CCCCC54)=C3OC12. The number of fused-ring (bicyclic) bond motifs is 14. The van der Waals surface area contributed by atoms with Gasteiger partial charge in [0.25, 0.3) is 0 Å². The number of nitrogens with zero attached hydrogens (tertiary/aromatic N) is 1. The maximum absolute atomic E-state index is 7.44. The van der Waals surface area contributed by atoms with Crippen LogP contribution in [0.2, 0.25) is 0 Å². The van der Waals surface area contributed by atoms with E-state index in [9.17, 15) is 0 Å². The van der Waals surface area contributed by atoms with Gasteiger partial charge in [-0.2, -0.15) is 11.8 Å². The van der Waals surface area contributed by atoms with E-state index in [1.807, 2.05) is 5.57 Å². The highest BCUT2D eigenvalue weighted by Crippen LogP contribution is 2.77. The fourth-order valence-corrected chi connectivity index (χ4v) is 20.7. The lowest BCUT2D eigenvalue weighted by molar-refractivity contribution is -0.0860. The molecule has 2 aliphatic heterocycles. The predicted molar refractivity (Wildman–Crippen MR) is 240 cm³/mol. The Hall–Kier alpha value is -1.31. The fraction of sp³-hybridized carbons (Fsp3) is 0.852.